The van der Waals surface area contributed by atoms with E-state index in [2.05, 4.69) is 0 Å². The Hall–Kier alpha value is -2.03. The van der Waals surface area contributed by atoms with E-state index in [9.17, 15) is 4.79 Å². The van der Waals surface area contributed by atoms with Gasteiger partial charge in [-0.15, -0.1) is 0 Å². The Morgan fingerprint density at radius 2 is 1.94 bits per heavy atom. The van der Waals surface area contributed by atoms with Crippen molar-refractivity contribution in [3.8, 4) is 5.75 Å². The molecule has 0 spiro atoms. The van der Waals surface area contributed by atoms with E-state index >= 15 is 0 Å². The van der Waals surface area contributed by atoms with Crippen LogP contribution in [0.25, 0.3) is 0 Å². The number of methoxy groups -OCH3 is 1. The molecule has 0 aliphatic heterocycles. The van der Waals surface area contributed by atoms with Gasteiger partial charge in [0.2, 0.25) is 0 Å². The first kappa shape index (κ1) is 12.4. The molecule has 2 aromatic rings. The van der Waals surface area contributed by atoms with Gasteiger partial charge in [-0.25, -0.2) is 0 Å². The molecule has 0 atom stereocenters. The summed E-state index contributed by atoms with van der Waals surface area (Å²) in [5.74, 6) is 1.04. The standard InChI is InChI=1S/C15H17NO2/c1-3-15(17)13-8-9-16(11-13)10-12-4-6-14(18-2)7-5-12/h4-9,11H,3,10H2,1-2H3. The maximum atomic E-state index is 11.5. The zero-order chi connectivity index (χ0) is 13.0. The number of ether oxygens (including phenoxy) is 1. The summed E-state index contributed by atoms with van der Waals surface area (Å²) in [6.07, 6.45) is 4.38. The number of benzene rings is 1. The smallest absolute Gasteiger partial charge is 0.164 e. The molecule has 3 nitrogen and oxygen atoms in total. The lowest BCUT2D eigenvalue weighted by Gasteiger charge is -2.04. The summed E-state index contributed by atoms with van der Waals surface area (Å²) >= 11 is 0. The van der Waals surface area contributed by atoms with Crippen LogP contribution in [0, 0.1) is 0 Å². The first-order valence-electron chi connectivity index (χ1n) is 6.05. The number of nitrogens with zero attached hydrogens (tertiary/aromatic N) is 1. The van der Waals surface area contributed by atoms with Crippen molar-refractivity contribution in [1.82, 2.24) is 4.57 Å². The van der Waals surface area contributed by atoms with E-state index in [0.29, 0.717) is 6.42 Å². The summed E-state index contributed by atoms with van der Waals surface area (Å²) in [5, 5.41) is 0. The van der Waals surface area contributed by atoms with Crippen molar-refractivity contribution in [2.75, 3.05) is 7.11 Å². The van der Waals surface area contributed by atoms with Crippen LogP contribution in [-0.4, -0.2) is 17.5 Å². The van der Waals surface area contributed by atoms with Gasteiger partial charge in [0.1, 0.15) is 5.75 Å². The van der Waals surface area contributed by atoms with Crippen molar-refractivity contribution in [3.63, 3.8) is 0 Å². The molecule has 3 heteroatoms. The fourth-order valence-corrected chi connectivity index (χ4v) is 1.85. The van der Waals surface area contributed by atoms with Crippen LogP contribution in [0.2, 0.25) is 0 Å². The van der Waals surface area contributed by atoms with Crippen LogP contribution in [0.3, 0.4) is 0 Å². The average Bonchev–Trinajstić information content (AvgIpc) is 2.87. The molecule has 0 aliphatic carbocycles. The monoisotopic (exact) mass is 243 g/mol. The first-order valence-corrected chi connectivity index (χ1v) is 6.05. The van der Waals surface area contributed by atoms with Crippen LogP contribution in [0.1, 0.15) is 29.3 Å². The van der Waals surface area contributed by atoms with Crippen molar-refractivity contribution >= 4 is 5.78 Å². The summed E-state index contributed by atoms with van der Waals surface area (Å²) in [6, 6.07) is 9.81. The molecule has 1 heterocycles. The fraction of sp³-hybridized carbons (Fsp3) is 0.267. The lowest BCUT2D eigenvalue weighted by Crippen LogP contribution is -1.98. The molecule has 0 fully saturated rings. The highest BCUT2D eigenvalue weighted by atomic mass is 16.5. The molecule has 0 aliphatic rings. The molecule has 1 aromatic heterocycles. The zero-order valence-electron chi connectivity index (χ0n) is 10.7. The van der Waals surface area contributed by atoms with E-state index in [1.165, 1.54) is 5.56 Å². The lowest BCUT2D eigenvalue weighted by atomic mass is 10.2. The largest absolute Gasteiger partial charge is 0.497 e. The number of rotatable bonds is 5. The highest BCUT2D eigenvalue weighted by Gasteiger charge is 2.05. The Labute approximate surface area is 107 Å². The molecule has 0 unspecified atom stereocenters. The SMILES string of the molecule is CCC(=O)c1ccn(Cc2ccc(OC)cc2)c1. The number of Topliss-reactive ketones (excluding diaryl/α,β-unsaturated/α-hetero) is 1. The topological polar surface area (TPSA) is 31.2 Å². The minimum absolute atomic E-state index is 0.184. The molecule has 0 saturated heterocycles. The van der Waals surface area contributed by atoms with Crippen molar-refractivity contribution in [2.45, 2.75) is 19.9 Å². The second-order valence-corrected chi connectivity index (χ2v) is 4.20. The predicted octanol–water partition coefficient (Wildman–Crippen LogP) is 3.14. The lowest BCUT2D eigenvalue weighted by molar-refractivity contribution is 0.0988. The van der Waals surface area contributed by atoms with Gasteiger partial charge in [0.25, 0.3) is 0 Å². The first-order chi connectivity index (χ1) is 8.72. The van der Waals surface area contributed by atoms with Gasteiger partial charge >= 0.3 is 0 Å². The molecule has 0 saturated carbocycles. The van der Waals surface area contributed by atoms with Crippen LogP contribution in [-0.2, 0) is 6.54 Å². The molecule has 0 N–H and O–H groups in total. The summed E-state index contributed by atoms with van der Waals surface area (Å²) < 4.78 is 7.14. The van der Waals surface area contributed by atoms with Crippen LogP contribution in [0.15, 0.2) is 42.7 Å². The van der Waals surface area contributed by atoms with Gasteiger partial charge in [-0.05, 0) is 23.8 Å². The Morgan fingerprint density at radius 1 is 1.22 bits per heavy atom. The van der Waals surface area contributed by atoms with Gasteiger partial charge in [-0.3, -0.25) is 4.79 Å². The number of carbonyl (C=O) groups excluding carboxylic acids is 1. The van der Waals surface area contributed by atoms with E-state index in [1.54, 1.807) is 7.11 Å². The highest BCUT2D eigenvalue weighted by Crippen LogP contribution is 2.13. The summed E-state index contributed by atoms with van der Waals surface area (Å²) in [6.45, 7) is 2.64. The van der Waals surface area contributed by atoms with Gasteiger partial charge in [0.15, 0.2) is 5.78 Å². The van der Waals surface area contributed by atoms with Crippen LogP contribution < -0.4 is 4.74 Å². The number of hydrogen-bond donors (Lipinski definition) is 0. The Balaban J connectivity index is 2.08. The molecular formula is C15H17NO2. The van der Waals surface area contributed by atoms with Crippen LogP contribution in [0.4, 0.5) is 0 Å². The molecule has 0 bridgehead atoms. The third kappa shape index (κ3) is 2.80. The quantitative estimate of drug-likeness (QED) is 0.755. The Morgan fingerprint density at radius 3 is 2.56 bits per heavy atom. The number of ketones is 1. The minimum atomic E-state index is 0.184. The second-order valence-electron chi connectivity index (χ2n) is 4.20. The minimum Gasteiger partial charge on any atom is -0.497 e. The fourth-order valence-electron chi connectivity index (χ4n) is 1.85. The molecule has 0 amide bonds. The third-order valence-corrected chi connectivity index (χ3v) is 2.92. The van der Waals surface area contributed by atoms with E-state index < -0.39 is 0 Å². The molecule has 94 valence electrons. The molecule has 2 rings (SSSR count). The van der Waals surface area contributed by atoms with E-state index in [1.807, 2.05) is 54.2 Å². The van der Waals surface area contributed by atoms with Crippen molar-refractivity contribution in [3.05, 3.63) is 53.9 Å². The zero-order valence-corrected chi connectivity index (χ0v) is 10.7. The molecule has 1 aromatic carbocycles. The number of carbonyl (C=O) groups is 1. The normalized spacial score (nSPS) is 10.3. The summed E-state index contributed by atoms with van der Waals surface area (Å²) in [7, 11) is 1.66. The molecule has 18 heavy (non-hydrogen) atoms. The van der Waals surface area contributed by atoms with E-state index in [0.717, 1.165) is 17.9 Å². The maximum absolute atomic E-state index is 11.5. The van der Waals surface area contributed by atoms with Crippen molar-refractivity contribution < 1.29 is 9.53 Å². The van der Waals surface area contributed by atoms with Gasteiger partial charge in [0, 0.05) is 30.9 Å². The average molecular weight is 243 g/mol. The maximum Gasteiger partial charge on any atom is 0.164 e. The van der Waals surface area contributed by atoms with Crippen molar-refractivity contribution in [1.29, 1.82) is 0 Å². The summed E-state index contributed by atoms with van der Waals surface area (Å²) in [5.41, 5.74) is 1.97. The number of hydrogen-bond acceptors (Lipinski definition) is 2. The van der Waals surface area contributed by atoms with E-state index in [4.69, 9.17) is 4.74 Å². The molecular weight excluding hydrogens is 226 g/mol. The van der Waals surface area contributed by atoms with Gasteiger partial charge in [0.05, 0.1) is 7.11 Å². The van der Waals surface area contributed by atoms with Crippen LogP contribution in [0.5, 0.6) is 5.75 Å². The Kier molecular flexibility index (Phi) is 3.82. The van der Waals surface area contributed by atoms with Crippen LogP contribution >= 0.6 is 0 Å². The number of aromatic nitrogens is 1. The Bertz CT molecular complexity index is 526. The highest BCUT2D eigenvalue weighted by molar-refractivity contribution is 5.95. The molecule has 0 radical (unpaired) electrons. The third-order valence-electron chi connectivity index (χ3n) is 2.92. The van der Waals surface area contributed by atoms with Gasteiger partial charge in [-0.2, -0.15) is 0 Å². The summed E-state index contributed by atoms with van der Waals surface area (Å²) in [4.78, 5) is 11.5. The predicted molar refractivity (Wildman–Crippen MR) is 71.1 cm³/mol. The van der Waals surface area contributed by atoms with Gasteiger partial charge in [-0.1, -0.05) is 19.1 Å². The van der Waals surface area contributed by atoms with Crippen molar-refractivity contribution in [2.24, 2.45) is 0 Å². The van der Waals surface area contributed by atoms with Gasteiger partial charge < -0.3 is 9.30 Å². The van der Waals surface area contributed by atoms with E-state index in [-0.39, 0.29) is 5.78 Å². The second kappa shape index (κ2) is 5.54.